The molecule has 0 unspecified atom stereocenters. The van der Waals surface area contributed by atoms with Crippen LogP contribution in [0.1, 0.15) is 39.0 Å². The molecule has 0 spiro atoms. The number of allylic oxidation sites excluding steroid dienone is 2. The van der Waals surface area contributed by atoms with Crippen LogP contribution in [-0.2, 0) is 9.59 Å². The molecule has 0 aromatic heterocycles. The van der Waals surface area contributed by atoms with E-state index in [0.29, 0.717) is 24.3 Å². The Morgan fingerprint density at radius 2 is 2.15 bits per heavy atom. The first-order valence-electron chi connectivity index (χ1n) is 4.61. The zero-order chi connectivity index (χ0) is 9.84. The topological polar surface area (TPSA) is 34.1 Å². The molecule has 0 heterocycles. The van der Waals surface area contributed by atoms with Crippen molar-refractivity contribution >= 4 is 23.2 Å². The first-order valence-corrected chi connectivity index (χ1v) is 4.99. The monoisotopic (exact) mass is 200 g/mol. The van der Waals surface area contributed by atoms with Crippen LogP contribution in [0.15, 0.2) is 10.6 Å². The normalized spacial score (nSPS) is 17.8. The first kappa shape index (κ1) is 10.5. The van der Waals surface area contributed by atoms with Gasteiger partial charge in [-0.05, 0) is 19.3 Å². The van der Waals surface area contributed by atoms with Gasteiger partial charge in [-0.15, -0.1) is 0 Å². The highest BCUT2D eigenvalue weighted by atomic mass is 35.5. The molecule has 0 saturated carbocycles. The van der Waals surface area contributed by atoms with Gasteiger partial charge in [-0.25, -0.2) is 0 Å². The van der Waals surface area contributed by atoms with Crippen molar-refractivity contribution in [2.45, 2.75) is 39.0 Å². The number of carbonyl (C=O) groups excluding carboxylic acids is 2. The molecule has 0 aromatic rings. The largest absolute Gasteiger partial charge is 0.294 e. The van der Waals surface area contributed by atoms with Gasteiger partial charge in [0.15, 0.2) is 11.6 Å². The third kappa shape index (κ3) is 2.41. The predicted molar refractivity (Wildman–Crippen MR) is 51.7 cm³/mol. The van der Waals surface area contributed by atoms with E-state index in [-0.39, 0.29) is 17.1 Å². The molecule has 0 fully saturated rings. The van der Waals surface area contributed by atoms with Gasteiger partial charge in [0.05, 0.1) is 5.57 Å². The number of hydrogen-bond donors (Lipinski definition) is 0. The number of ketones is 2. The summed E-state index contributed by atoms with van der Waals surface area (Å²) in [6, 6.07) is 0. The molecular formula is C10H13ClO2. The molecule has 72 valence electrons. The molecule has 0 aromatic carbocycles. The number of Topliss-reactive ketones (excluding diaryl/α,β-unsaturated/α-hetero) is 2. The SMILES string of the molecule is CCCC(=O)C1=C(Cl)CCCC1=O. The van der Waals surface area contributed by atoms with Gasteiger partial charge in [-0.3, -0.25) is 9.59 Å². The third-order valence-electron chi connectivity index (χ3n) is 2.11. The van der Waals surface area contributed by atoms with Crippen molar-refractivity contribution < 1.29 is 9.59 Å². The molecule has 0 aliphatic heterocycles. The van der Waals surface area contributed by atoms with E-state index in [4.69, 9.17) is 11.6 Å². The van der Waals surface area contributed by atoms with Crippen molar-refractivity contribution in [3.8, 4) is 0 Å². The number of halogens is 1. The average molecular weight is 201 g/mol. The summed E-state index contributed by atoms with van der Waals surface area (Å²) in [5.74, 6) is -0.160. The van der Waals surface area contributed by atoms with E-state index < -0.39 is 0 Å². The van der Waals surface area contributed by atoms with Crippen molar-refractivity contribution in [3.05, 3.63) is 10.6 Å². The van der Waals surface area contributed by atoms with E-state index in [1.54, 1.807) is 0 Å². The van der Waals surface area contributed by atoms with Crippen LogP contribution in [0.4, 0.5) is 0 Å². The maximum atomic E-state index is 11.5. The second-order valence-electron chi connectivity index (χ2n) is 3.23. The first-order chi connectivity index (χ1) is 6.16. The zero-order valence-corrected chi connectivity index (χ0v) is 8.49. The minimum Gasteiger partial charge on any atom is -0.294 e. The molecule has 13 heavy (non-hydrogen) atoms. The summed E-state index contributed by atoms with van der Waals surface area (Å²) in [5, 5.41) is 0.467. The van der Waals surface area contributed by atoms with E-state index in [0.717, 1.165) is 12.8 Å². The molecule has 1 aliphatic rings. The summed E-state index contributed by atoms with van der Waals surface area (Å²) in [6.07, 6.45) is 3.12. The Morgan fingerprint density at radius 1 is 1.46 bits per heavy atom. The minimum absolute atomic E-state index is 0.0744. The Bertz CT molecular complexity index is 266. The molecule has 0 saturated heterocycles. The maximum Gasteiger partial charge on any atom is 0.167 e. The van der Waals surface area contributed by atoms with E-state index in [1.165, 1.54) is 0 Å². The number of hydrogen-bond acceptors (Lipinski definition) is 2. The van der Waals surface area contributed by atoms with Gasteiger partial charge in [-0.1, -0.05) is 18.5 Å². The molecule has 0 bridgehead atoms. The van der Waals surface area contributed by atoms with E-state index in [2.05, 4.69) is 0 Å². The standard InChI is InChI=1S/C10H13ClO2/c1-2-4-8(12)10-7(11)5-3-6-9(10)13/h2-6H2,1H3. The lowest BCUT2D eigenvalue weighted by atomic mass is 9.93. The van der Waals surface area contributed by atoms with Crippen molar-refractivity contribution in [1.29, 1.82) is 0 Å². The predicted octanol–water partition coefficient (Wildman–Crippen LogP) is 2.60. The molecule has 0 radical (unpaired) electrons. The lowest BCUT2D eigenvalue weighted by Crippen LogP contribution is -2.17. The highest BCUT2D eigenvalue weighted by molar-refractivity contribution is 6.37. The Morgan fingerprint density at radius 3 is 2.69 bits per heavy atom. The van der Waals surface area contributed by atoms with E-state index in [1.807, 2.05) is 6.92 Å². The van der Waals surface area contributed by atoms with Crippen LogP contribution in [-0.4, -0.2) is 11.6 Å². The van der Waals surface area contributed by atoms with Crippen LogP contribution >= 0.6 is 11.6 Å². The highest BCUT2D eigenvalue weighted by Crippen LogP contribution is 2.26. The van der Waals surface area contributed by atoms with Gasteiger partial charge in [0, 0.05) is 17.9 Å². The second kappa shape index (κ2) is 4.56. The summed E-state index contributed by atoms with van der Waals surface area (Å²) < 4.78 is 0. The smallest absolute Gasteiger partial charge is 0.167 e. The van der Waals surface area contributed by atoms with E-state index >= 15 is 0 Å². The van der Waals surface area contributed by atoms with Gasteiger partial charge in [0.2, 0.25) is 0 Å². The Kier molecular flexibility index (Phi) is 3.67. The van der Waals surface area contributed by atoms with Gasteiger partial charge in [-0.2, -0.15) is 0 Å². The quantitative estimate of drug-likeness (QED) is 0.657. The molecule has 0 amide bonds. The Hall–Kier alpha value is -0.630. The van der Waals surface area contributed by atoms with Crippen LogP contribution in [0.2, 0.25) is 0 Å². The van der Waals surface area contributed by atoms with Gasteiger partial charge in [0.1, 0.15) is 0 Å². The van der Waals surface area contributed by atoms with Crippen molar-refractivity contribution in [1.82, 2.24) is 0 Å². The molecule has 1 rings (SSSR count). The second-order valence-corrected chi connectivity index (χ2v) is 3.69. The van der Waals surface area contributed by atoms with Crippen molar-refractivity contribution in [3.63, 3.8) is 0 Å². The Labute approximate surface area is 83.0 Å². The molecule has 3 heteroatoms. The molecule has 0 N–H and O–H groups in total. The van der Waals surface area contributed by atoms with Crippen LogP contribution in [0, 0.1) is 0 Å². The summed E-state index contributed by atoms with van der Waals surface area (Å²) in [5.41, 5.74) is 0.273. The molecule has 2 nitrogen and oxygen atoms in total. The molecule has 1 aliphatic carbocycles. The molecular weight excluding hydrogens is 188 g/mol. The summed E-state index contributed by atoms with van der Waals surface area (Å²) >= 11 is 5.85. The van der Waals surface area contributed by atoms with E-state index in [9.17, 15) is 9.59 Å². The van der Waals surface area contributed by atoms with Crippen LogP contribution in [0.3, 0.4) is 0 Å². The van der Waals surface area contributed by atoms with Crippen LogP contribution in [0.25, 0.3) is 0 Å². The van der Waals surface area contributed by atoms with Gasteiger partial charge >= 0.3 is 0 Å². The number of carbonyl (C=O) groups is 2. The summed E-state index contributed by atoms with van der Waals surface area (Å²) in [6.45, 7) is 1.92. The van der Waals surface area contributed by atoms with Gasteiger partial charge in [0.25, 0.3) is 0 Å². The maximum absolute atomic E-state index is 11.5. The highest BCUT2D eigenvalue weighted by Gasteiger charge is 2.24. The lowest BCUT2D eigenvalue weighted by Gasteiger charge is -2.13. The number of rotatable bonds is 3. The fourth-order valence-electron chi connectivity index (χ4n) is 1.46. The fraction of sp³-hybridized carbons (Fsp3) is 0.600. The fourth-order valence-corrected chi connectivity index (χ4v) is 1.81. The summed E-state index contributed by atoms with van der Waals surface area (Å²) in [7, 11) is 0. The van der Waals surface area contributed by atoms with Crippen LogP contribution in [0.5, 0.6) is 0 Å². The lowest BCUT2D eigenvalue weighted by molar-refractivity contribution is -0.121. The molecule has 0 atom stereocenters. The zero-order valence-electron chi connectivity index (χ0n) is 7.73. The summed E-state index contributed by atoms with van der Waals surface area (Å²) in [4.78, 5) is 22.8. The third-order valence-corrected chi connectivity index (χ3v) is 2.48. The minimum atomic E-state index is -0.0859. The van der Waals surface area contributed by atoms with Crippen molar-refractivity contribution in [2.24, 2.45) is 0 Å². The van der Waals surface area contributed by atoms with Crippen molar-refractivity contribution in [2.75, 3.05) is 0 Å². The van der Waals surface area contributed by atoms with Gasteiger partial charge < -0.3 is 0 Å². The average Bonchev–Trinajstić information content (AvgIpc) is 2.04. The Balaban J connectivity index is 2.85. The van der Waals surface area contributed by atoms with Crippen LogP contribution < -0.4 is 0 Å².